The number of hydrogen-bond donors (Lipinski definition) is 1. The lowest BCUT2D eigenvalue weighted by atomic mass is 10.1. The van der Waals surface area contributed by atoms with Crippen molar-refractivity contribution >= 4 is 11.9 Å². The smallest absolute Gasteiger partial charge is 0.328 e. The van der Waals surface area contributed by atoms with Crippen LogP contribution in [0.15, 0.2) is 18.2 Å². The van der Waals surface area contributed by atoms with E-state index in [1.54, 1.807) is 0 Å². The normalized spacial score (nSPS) is 27.5. The van der Waals surface area contributed by atoms with Crippen LogP contribution in [0.3, 0.4) is 0 Å². The molecule has 22 heavy (non-hydrogen) atoms. The molecule has 0 radical (unpaired) electrons. The summed E-state index contributed by atoms with van der Waals surface area (Å²) in [6.07, 6.45) is 0.449. The Hall–Kier alpha value is -2.02. The van der Waals surface area contributed by atoms with Crippen LogP contribution in [0.1, 0.15) is 17.9 Å². The molecule has 0 aromatic heterocycles. The summed E-state index contributed by atoms with van der Waals surface area (Å²) in [6.45, 7) is 0.464. The number of benzene rings is 1. The monoisotopic (exact) mass is 311 g/mol. The van der Waals surface area contributed by atoms with Gasteiger partial charge in [-0.25, -0.2) is 13.6 Å². The molecule has 1 aliphatic carbocycles. The van der Waals surface area contributed by atoms with E-state index in [9.17, 15) is 18.4 Å². The van der Waals surface area contributed by atoms with Gasteiger partial charge in [0.1, 0.15) is 11.6 Å². The molecule has 1 heterocycles. The number of nitrogens with zero attached hydrogens (tertiary/aromatic N) is 1. The van der Waals surface area contributed by atoms with Gasteiger partial charge in [-0.2, -0.15) is 0 Å². The zero-order chi connectivity index (χ0) is 15.9. The van der Waals surface area contributed by atoms with Crippen LogP contribution in [0.25, 0.3) is 0 Å². The summed E-state index contributed by atoms with van der Waals surface area (Å²) in [7, 11) is 0. The van der Waals surface area contributed by atoms with Crippen molar-refractivity contribution in [2.75, 3.05) is 19.8 Å². The minimum absolute atomic E-state index is 0.0383. The van der Waals surface area contributed by atoms with Crippen LogP contribution in [0.2, 0.25) is 0 Å². The second-order valence-corrected chi connectivity index (χ2v) is 5.58. The third kappa shape index (κ3) is 2.68. The lowest BCUT2D eigenvalue weighted by Gasteiger charge is -2.33. The minimum Gasteiger partial charge on any atom is -0.480 e. The molecule has 1 aliphatic heterocycles. The third-order valence-electron chi connectivity index (χ3n) is 4.17. The first-order chi connectivity index (χ1) is 10.5. The van der Waals surface area contributed by atoms with E-state index >= 15 is 0 Å². The molecule has 1 N–H and O–H groups in total. The predicted molar refractivity (Wildman–Crippen MR) is 71.2 cm³/mol. The van der Waals surface area contributed by atoms with Gasteiger partial charge in [0.2, 0.25) is 5.91 Å². The SMILES string of the molecule is O=C(O)C1COCCN1C(=O)C1CC1c1ccc(F)cc1F. The molecular formula is C15H15F2NO4. The highest BCUT2D eigenvalue weighted by atomic mass is 19.1. The lowest BCUT2D eigenvalue weighted by Crippen LogP contribution is -2.53. The number of aliphatic carboxylic acids is 1. The van der Waals surface area contributed by atoms with Gasteiger partial charge in [-0.15, -0.1) is 0 Å². The van der Waals surface area contributed by atoms with Crippen molar-refractivity contribution in [3.8, 4) is 0 Å². The molecule has 0 bridgehead atoms. The molecule has 1 amide bonds. The number of morpholine rings is 1. The standard InChI is InChI=1S/C15H15F2NO4/c16-8-1-2-9(12(17)5-8)10-6-11(10)14(19)18-3-4-22-7-13(18)15(20)21/h1-2,5,10-11,13H,3-4,6-7H2,(H,20,21). The predicted octanol–water partition coefficient (Wildman–Crippen LogP) is 1.38. The Balaban J connectivity index is 1.73. The van der Waals surface area contributed by atoms with Gasteiger partial charge in [-0.05, 0) is 24.0 Å². The molecule has 2 aliphatic rings. The van der Waals surface area contributed by atoms with Gasteiger partial charge in [-0.3, -0.25) is 4.79 Å². The van der Waals surface area contributed by atoms with Crippen LogP contribution in [0.5, 0.6) is 0 Å². The molecule has 3 atom stereocenters. The zero-order valence-corrected chi connectivity index (χ0v) is 11.7. The summed E-state index contributed by atoms with van der Waals surface area (Å²) in [5, 5.41) is 9.14. The van der Waals surface area contributed by atoms with Gasteiger partial charge in [0.25, 0.3) is 0 Å². The number of ether oxygens (including phenoxy) is 1. The Bertz CT molecular complexity index is 622. The van der Waals surface area contributed by atoms with Crippen LogP contribution in [0.4, 0.5) is 8.78 Å². The van der Waals surface area contributed by atoms with Crippen LogP contribution in [0, 0.1) is 17.6 Å². The topological polar surface area (TPSA) is 66.8 Å². The number of carboxylic acid groups (broad SMARTS) is 1. The molecule has 3 unspecified atom stereocenters. The zero-order valence-electron chi connectivity index (χ0n) is 11.7. The molecule has 5 nitrogen and oxygen atoms in total. The van der Waals surface area contributed by atoms with Crippen molar-refractivity contribution < 1.29 is 28.2 Å². The highest BCUT2D eigenvalue weighted by Gasteiger charge is 2.49. The Kier molecular flexibility index (Phi) is 3.82. The summed E-state index contributed by atoms with van der Waals surface area (Å²) in [5.41, 5.74) is 0.305. The van der Waals surface area contributed by atoms with Gasteiger partial charge in [0, 0.05) is 18.5 Å². The molecular weight excluding hydrogens is 296 g/mol. The maximum absolute atomic E-state index is 13.7. The minimum atomic E-state index is -1.11. The van der Waals surface area contributed by atoms with Crippen LogP contribution >= 0.6 is 0 Å². The summed E-state index contributed by atoms with van der Waals surface area (Å²) in [4.78, 5) is 24.9. The molecule has 2 fully saturated rings. The van der Waals surface area contributed by atoms with Crippen molar-refractivity contribution in [3.63, 3.8) is 0 Å². The lowest BCUT2D eigenvalue weighted by molar-refractivity contribution is -0.158. The van der Waals surface area contributed by atoms with Crippen molar-refractivity contribution in [1.29, 1.82) is 0 Å². The highest BCUT2D eigenvalue weighted by molar-refractivity contribution is 5.88. The first-order valence-corrected chi connectivity index (χ1v) is 7.05. The number of rotatable bonds is 3. The van der Waals surface area contributed by atoms with E-state index in [4.69, 9.17) is 9.84 Å². The second kappa shape index (κ2) is 5.64. The third-order valence-corrected chi connectivity index (χ3v) is 4.17. The molecule has 118 valence electrons. The Morgan fingerprint density at radius 1 is 1.32 bits per heavy atom. The van der Waals surface area contributed by atoms with Gasteiger partial charge in [0.15, 0.2) is 6.04 Å². The van der Waals surface area contributed by atoms with Gasteiger partial charge >= 0.3 is 5.97 Å². The molecule has 3 rings (SSSR count). The number of amides is 1. The van der Waals surface area contributed by atoms with Gasteiger partial charge in [-0.1, -0.05) is 6.07 Å². The van der Waals surface area contributed by atoms with Crippen molar-refractivity contribution in [2.45, 2.75) is 18.4 Å². The fraction of sp³-hybridized carbons (Fsp3) is 0.467. The summed E-state index contributed by atoms with van der Waals surface area (Å²) >= 11 is 0. The van der Waals surface area contributed by atoms with Crippen LogP contribution in [-0.2, 0) is 14.3 Å². The average molecular weight is 311 g/mol. The van der Waals surface area contributed by atoms with Crippen molar-refractivity contribution in [1.82, 2.24) is 4.90 Å². The molecule has 1 saturated carbocycles. The molecule has 0 spiro atoms. The number of halogens is 2. The quantitative estimate of drug-likeness (QED) is 0.916. The largest absolute Gasteiger partial charge is 0.480 e. The number of hydrogen-bond acceptors (Lipinski definition) is 3. The van der Waals surface area contributed by atoms with E-state index in [0.717, 1.165) is 12.1 Å². The van der Waals surface area contributed by atoms with E-state index < -0.39 is 29.6 Å². The number of carbonyl (C=O) groups excluding carboxylic acids is 1. The Morgan fingerprint density at radius 2 is 2.09 bits per heavy atom. The molecule has 1 aromatic rings. The maximum atomic E-state index is 13.7. The first-order valence-electron chi connectivity index (χ1n) is 7.05. The van der Waals surface area contributed by atoms with Gasteiger partial charge < -0.3 is 14.7 Å². The average Bonchev–Trinajstić information content (AvgIpc) is 3.26. The van der Waals surface area contributed by atoms with Crippen molar-refractivity contribution in [3.05, 3.63) is 35.4 Å². The molecule has 1 saturated heterocycles. The fourth-order valence-corrected chi connectivity index (χ4v) is 2.90. The highest BCUT2D eigenvalue weighted by Crippen LogP contribution is 2.49. The maximum Gasteiger partial charge on any atom is 0.328 e. The van der Waals surface area contributed by atoms with E-state index in [1.165, 1.54) is 11.0 Å². The van der Waals surface area contributed by atoms with E-state index in [1.807, 2.05) is 0 Å². The second-order valence-electron chi connectivity index (χ2n) is 5.58. The van der Waals surface area contributed by atoms with Crippen molar-refractivity contribution in [2.24, 2.45) is 5.92 Å². The van der Waals surface area contributed by atoms with Gasteiger partial charge in [0.05, 0.1) is 13.2 Å². The van der Waals surface area contributed by atoms with Crippen LogP contribution in [-0.4, -0.2) is 47.7 Å². The Morgan fingerprint density at radius 3 is 2.77 bits per heavy atom. The summed E-state index contributed by atoms with van der Waals surface area (Å²) in [6, 6.07) is 2.30. The summed E-state index contributed by atoms with van der Waals surface area (Å²) in [5.74, 6) is -3.51. The molecule has 7 heteroatoms. The first kappa shape index (κ1) is 14.9. The number of carboxylic acids is 1. The fourth-order valence-electron chi connectivity index (χ4n) is 2.90. The van der Waals surface area contributed by atoms with E-state index in [-0.39, 0.29) is 31.6 Å². The van der Waals surface area contributed by atoms with E-state index in [0.29, 0.717) is 12.0 Å². The number of carbonyl (C=O) groups is 2. The Labute approximate surface area is 125 Å². The van der Waals surface area contributed by atoms with E-state index in [2.05, 4.69) is 0 Å². The summed E-state index contributed by atoms with van der Waals surface area (Å²) < 4.78 is 31.8. The molecule has 1 aromatic carbocycles. The van der Waals surface area contributed by atoms with Crippen LogP contribution < -0.4 is 0 Å².